The van der Waals surface area contributed by atoms with Gasteiger partial charge in [-0.15, -0.1) is 11.6 Å². The van der Waals surface area contributed by atoms with Crippen LogP contribution in [0.25, 0.3) is 0 Å². The predicted molar refractivity (Wildman–Crippen MR) is 88.7 cm³/mol. The van der Waals surface area contributed by atoms with Gasteiger partial charge < -0.3 is 14.2 Å². The third-order valence-electron chi connectivity index (χ3n) is 3.50. The molecule has 3 nitrogen and oxygen atoms in total. The minimum atomic E-state index is -0.186. The van der Waals surface area contributed by atoms with Crippen molar-refractivity contribution in [3.63, 3.8) is 0 Å². The van der Waals surface area contributed by atoms with Crippen molar-refractivity contribution in [3.8, 4) is 11.5 Å². The molecule has 0 bridgehead atoms. The van der Waals surface area contributed by atoms with Crippen LogP contribution in [0.1, 0.15) is 44.1 Å². The van der Waals surface area contributed by atoms with Gasteiger partial charge in [-0.2, -0.15) is 0 Å². The summed E-state index contributed by atoms with van der Waals surface area (Å²) in [5.41, 5.74) is 0.996. The van der Waals surface area contributed by atoms with E-state index in [1.165, 1.54) is 6.42 Å². The van der Waals surface area contributed by atoms with Gasteiger partial charge in [-0.25, -0.2) is 0 Å². The lowest BCUT2D eigenvalue weighted by Gasteiger charge is -2.28. The molecule has 2 unspecified atom stereocenters. The molecular weight excluding hydrogens is 356 g/mol. The monoisotopic (exact) mass is 376 g/mol. The summed E-state index contributed by atoms with van der Waals surface area (Å²) in [5, 5.41) is -0.186. The molecule has 0 amide bonds. The number of rotatable bonds is 6. The normalized spacial score (nSPS) is 20.1. The number of alkyl halides is 1. The predicted octanol–water partition coefficient (Wildman–Crippen LogP) is 5.10. The topological polar surface area (TPSA) is 27.7 Å². The number of hydrogen-bond acceptors (Lipinski definition) is 3. The van der Waals surface area contributed by atoms with Crippen LogP contribution in [0.5, 0.6) is 11.5 Å². The highest BCUT2D eigenvalue weighted by molar-refractivity contribution is 9.10. The van der Waals surface area contributed by atoms with Crippen LogP contribution in [0.3, 0.4) is 0 Å². The van der Waals surface area contributed by atoms with Crippen molar-refractivity contribution in [1.82, 2.24) is 0 Å². The summed E-state index contributed by atoms with van der Waals surface area (Å²) < 4.78 is 18.0. The van der Waals surface area contributed by atoms with Gasteiger partial charge in [-0.05, 0) is 50.8 Å². The Morgan fingerprint density at radius 3 is 2.48 bits per heavy atom. The molecule has 0 radical (unpaired) electrons. The molecule has 5 heteroatoms. The first-order valence-electron chi connectivity index (χ1n) is 7.52. The Balaban J connectivity index is 2.27. The summed E-state index contributed by atoms with van der Waals surface area (Å²) >= 11 is 10.2. The van der Waals surface area contributed by atoms with Crippen LogP contribution < -0.4 is 9.47 Å². The highest BCUT2D eigenvalue weighted by atomic mass is 79.9. The lowest BCUT2D eigenvalue weighted by molar-refractivity contribution is 0.0134. The minimum absolute atomic E-state index is 0.0594. The van der Waals surface area contributed by atoms with E-state index >= 15 is 0 Å². The molecule has 0 aromatic heterocycles. The number of hydrogen-bond donors (Lipinski definition) is 0. The molecule has 0 aliphatic carbocycles. The van der Waals surface area contributed by atoms with Gasteiger partial charge >= 0.3 is 0 Å². The highest BCUT2D eigenvalue weighted by Crippen LogP contribution is 2.41. The van der Waals surface area contributed by atoms with E-state index in [2.05, 4.69) is 15.9 Å². The van der Waals surface area contributed by atoms with Crippen LogP contribution in [0, 0.1) is 0 Å². The minimum Gasteiger partial charge on any atom is -0.490 e. The molecule has 2 rings (SSSR count). The zero-order chi connectivity index (χ0) is 15.2. The lowest BCUT2D eigenvalue weighted by Crippen LogP contribution is -2.23. The van der Waals surface area contributed by atoms with Crippen LogP contribution in [-0.4, -0.2) is 25.9 Å². The molecule has 1 fully saturated rings. The molecule has 1 aliphatic heterocycles. The van der Waals surface area contributed by atoms with Gasteiger partial charge in [-0.3, -0.25) is 0 Å². The van der Waals surface area contributed by atoms with Gasteiger partial charge in [0.15, 0.2) is 11.5 Å². The van der Waals surface area contributed by atoms with E-state index < -0.39 is 0 Å². The Morgan fingerprint density at radius 1 is 1.24 bits per heavy atom. The average molecular weight is 378 g/mol. The lowest BCUT2D eigenvalue weighted by atomic mass is 10.0. The van der Waals surface area contributed by atoms with Gasteiger partial charge in [0.2, 0.25) is 0 Å². The van der Waals surface area contributed by atoms with Gasteiger partial charge in [0.1, 0.15) is 0 Å². The Kier molecular flexibility index (Phi) is 6.65. The van der Waals surface area contributed by atoms with E-state index in [1.54, 1.807) is 0 Å². The van der Waals surface area contributed by atoms with Gasteiger partial charge in [-0.1, -0.05) is 15.9 Å². The van der Waals surface area contributed by atoms with Crippen molar-refractivity contribution >= 4 is 27.5 Å². The van der Waals surface area contributed by atoms with Crippen molar-refractivity contribution in [2.45, 2.75) is 44.6 Å². The summed E-state index contributed by atoms with van der Waals surface area (Å²) in [6.45, 7) is 5.90. The molecular formula is C16H22BrClO3. The van der Waals surface area contributed by atoms with Crippen molar-refractivity contribution in [2.24, 2.45) is 0 Å². The highest BCUT2D eigenvalue weighted by Gasteiger charge is 2.27. The van der Waals surface area contributed by atoms with E-state index in [9.17, 15) is 0 Å². The van der Waals surface area contributed by atoms with E-state index in [0.29, 0.717) is 13.2 Å². The number of halogens is 2. The van der Waals surface area contributed by atoms with E-state index in [0.717, 1.165) is 41.0 Å². The molecule has 1 aliphatic rings. The van der Waals surface area contributed by atoms with Gasteiger partial charge in [0.25, 0.3) is 0 Å². The Bertz CT molecular complexity index is 461. The first-order valence-corrected chi connectivity index (χ1v) is 8.75. The Morgan fingerprint density at radius 2 is 1.90 bits per heavy atom. The van der Waals surface area contributed by atoms with Crippen LogP contribution in [-0.2, 0) is 4.74 Å². The van der Waals surface area contributed by atoms with Crippen LogP contribution >= 0.6 is 27.5 Å². The molecule has 1 aromatic rings. The molecule has 118 valence electrons. The fraction of sp³-hybridized carbons (Fsp3) is 0.625. The summed E-state index contributed by atoms with van der Waals surface area (Å²) in [5.74, 6) is 1.47. The quantitative estimate of drug-likeness (QED) is 0.646. The molecule has 0 saturated carbocycles. The Labute approximate surface area is 140 Å². The number of ether oxygens (including phenoxy) is 3. The van der Waals surface area contributed by atoms with E-state index in [4.69, 9.17) is 25.8 Å². The summed E-state index contributed by atoms with van der Waals surface area (Å²) in [4.78, 5) is 0. The number of benzene rings is 1. The molecule has 21 heavy (non-hydrogen) atoms. The van der Waals surface area contributed by atoms with E-state index in [-0.39, 0.29) is 11.5 Å². The molecule has 1 aromatic carbocycles. The van der Waals surface area contributed by atoms with Crippen LogP contribution in [0.2, 0.25) is 0 Å². The summed E-state index contributed by atoms with van der Waals surface area (Å²) in [6, 6.07) is 3.90. The third-order valence-corrected chi connectivity index (χ3v) is 4.70. The summed E-state index contributed by atoms with van der Waals surface area (Å²) in [7, 11) is 0. The molecule has 1 heterocycles. The van der Waals surface area contributed by atoms with Crippen molar-refractivity contribution in [2.75, 3.05) is 19.8 Å². The zero-order valence-corrected chi connectivity index (χ0v) is 14.9. The van der Waals surface area contributed by atoms with E-state index in [1.807, 2.05) is 26.0 Å². The SMILES string of the molecule is CCOc1cc(Br)c(C(Cl)C2CCCCO2)cc1OCC. The smallest absolute Gasteiger partial charge is 0.162 e. The maximum absolute atomic E-state index is 6.64. The first-order chi connectivity index (χ1) is 10.2. The standard InChI is InChI=1S/C16H22BrClO3/c1-3-19-14-9-11(12(17)10-15(14)20-4-2)16(18)13-7-5-6-8-21-13/h9-10,13,16H,3-8H2,1-2H3. The van der Waals surface area contributed by atoms with Crippen molar-refractivity contribution < 1.29 is 14.2 Å². The van der Waals surface area contributed by atoms with Crippen molar-refractivity contribution in [3.05, 3.63) is 22.2 Å². The third kappa shape index (κ3) is 4.27. The second kappa shape index (κ2) is 8.25. The van der Waals surface area contributed by atoms with Gasteiger partial charge in [0.05, 0.1) is 24.7 Å². The fourth-order valence-electron chi connectivity index (χ4n) is 2.50. The zero-order valence-electron chi connectivity index (χ0n) is 12.5. The van der Waals surface area contributed by atoms with Crippen LogP contribution in [0.4, 0.5) is 0 Å². The second-order valence-electron chi connectivity index (χ2n) is 4.99. The maximum atomic E-state index is 6.64. The summed E-state index contributed by atoms with van der Waals surface area (Å²) in [6.07, 6.45) is 3.34. The van der Waals surface area contributed by atoms with Crippen LogP contribution in [0.15, 0.2) is 16.6 Å². The molecule has 0 N–H and O–H groups in total. The van der Waals surface area contributed by atoms with Gasteiger partial charge in [0, 0.05) is 11.1 Å². The largest absolute Gasteiger partial charge is 0.490 e. The first kappa shape index (κ1) is 16.9. The fourth-order valence-corrected chi connectivity index (χ4v) is 3.58. The van der Waals surface area contributed by atoms with Crippen molar-refractivity contribution in [1.29, 1.82) is 0 Å². The molecule has 0 spiro atoms. The molecule has 2 atom stereocenters. The Hall–Kier alpha value is -0.450. The average Bonchev–Trinajstić information content (AvgIpc) is 2.50. The molecule has 1 saturated heterocycles. The maximum Gasteiger partial charge on any atom is 0.162 e. The second-order valence-corrected chi connectivity index (χ2v) is 6.32.